The molecule has 16 aromatic rings. The molecule has 0 N–H and O–H groups in total. The lowest BCUT2D eigenvalue weighted by Gasteiger charge is -2.24. The van der Waals surface area contributed by atoms with Gasteiger partial charge in [0.05, 0.1) is 78.5 Å². The van der Waals surface area contributed by atoms with Crippen molar-refractivity contribution in [2.75, 3.05) is 0 Å². The maximum atomic E-state index is 11.8. The zero-order valence-electron chi connectivity index (χ0n) is 36.9. The van der Waals surface area contributed by atoms with Crippen molar-refractivity contribution in [1.82, 2.24) is 13.7 Å². The number of benzene rings is 10. The van der Waals surface area contributed by atoms with Crippen LogP contribution >= 0.6 is 0 Å². The van der Waals surface area contributed by atoms with Gasteiger partial charge in [-0.3, -0.25) is 0 Å². The van der Waals surface area contributed by atoms with Gasteiger partial charge in [0.1, 0.15) is 39.6 Å². The molecule has 0 bridgehead atoms. The van der Waals surface area contributed by atoms with E-state index < -0.39 is 0 Å². The highest BCUT2D eigenvalue weighted by atomic mass is 16.3. The van der Waals surface area contributed by atoms with E-state index in [9.17, 15) is 11.8 Å². The molecule has 16 rings (SSSR count). The van der Waals surface area contributed by atoms with Gasteiger partial charge < -0.3 is 27.0 Å². The SMILES string of the molecule is [C-]#[N+]c1cc(C#N)c(-n2c3ccccc3c3ccc4oc5ccccc5c4c32)c(-n2c3ccccc3c3ccc4oc5ccccc5c4c32)c1-n1c2ccccc2c2ccc3oc4ccccc4c3c21. The first-order valence-electron chi connectivity index (χ1n) is 23.2. The van der Waals surface area contributed by atoms with E-state index in [4.69, 9.17) is 13.3 Å². The maximum Gasteiger partial charge on any atom is 0.214 e. The van der Waals surface area contributed by atoms with Crippen LogP contribution in [0.15, 0.2) is 201 Å². The van der Waals surface area contributed by atoms with Crippen molar-refractivity contribution in [3.05, 3.63) is 205 Å². The second kappa shape index (κ2) is 13.3. The van der Waals surface area contributed by atoms with Crippen LogP contribution in [-0.2, 0) is 0 Å². The summed E-state index contributed by atoms with van der Waals surface area (Å²) in [6.45, 7) is 9.23. The predicted octanol–water partition coefficient (Wildman–Crippen LogP) is 17.1. The summed E-state index contributed by atoms with van der Waals surface area (Å²) in [7, 11) is 0. The number of aromatic nitrogens is 3. The summed E-state index contributed by atoms with van der Waals surface area (Å²) >= 11 is 0. The molecule has 0 fully saturated rings. The Morgan fingerprint density at radius 1 is 0.357 bits per heavy atom. The summed E-state index contributed by atoms with van der Waals surface area (Å²) < 4.78 is 26.8. The molecule has 0 aliphatic rings. The molecule has 0 atom stereocenters. The number of furan rings is 3. The van der Waals surface area contributed by atoms with Gasteiger partial charge in [-0.25, -0.2) is 4.85 Å². The number of para-hydroxylation sites is 6. The Labute approximate surface area is 395 Å². The van der Waals surface area contributed by atoms with Crippen LogP contribution in [0, 0.1) is 17.9 Å². The highest BCUT2D eigenvalue weighted by molar-refractivity contribution is 6.28. The zero-order valence-corrected chi connectivity index (χ0v) is 36.9. The topological polar surface area (TPSA) is 82.4 Å². The molecule has 0 amide bonds. The molecule has 70 heavy (non-hydrogen) atoms. The molecule has 6 heterocycles. The number of nitriles is 1. The fraction of sp³-hybridized carbons (Fsp3) is 0. The average molecular weight is 894 g/mol. The van der Waals surface area contributed by atoms with Crippen molar-refractivity contribution in [3.63, 3.8) is 0 Å². The Hall–Kier alpha value is -10.0. The van der Waals surface area contributed by atoms with Crippen LogP contribution in [0.3, 0.4) is 0 Å². The van der Waals surface area contributed by atoms with Crippen molar-refractivity contribution >= 4 is 137 Å². The maximum absolute atomic E-state index is 11.8. The standard InChI is InChI=1S/C62H31N5O3/c1-64-44-32-34(33-63)57(65-45-20-8-2-14-35(45)38-26-29-51-54(58(38)65)41-17-5-11-23-48(41)68-51)62(67-47-22-10-4-16-37(47)40-28-31-53-56(60(40)67)43-19-7-13-25-50(43)70-53)61(44)66-46-21-9-3-15-36(46)39-27-30-52-55(59(39)66)42-18-6-12-24-49(42)69-52/h2-32H. The van der Waals surface area contributed by atoms with E-state index in [1.165, 1.54) is 0 Å². The van der Waals surface area contributed by atoms with Gasteiger partial charge in [-0.05, 0) is 78.9 Å². The normalized spacial score (nSPS) is 12.3. The zero-order chi connectivity index (χ0) is 45.9. The van der Waals surface area contributed by atoms with Crippen LogP contribution in [0.2, 0.25) is 0 Å². The van der Waals surface area contributed by atoms with Crippen molar-refractivity contribution in [3.8, 4) is 23.1 Å². The van der Waals surface area contributed by atoms with Gasteiger partial charge in [0.25, 0.3) is 0 Å². The van der Waals surface area contributed by atoms with Crippen LogP contribution in [0.1, 0.15) is 5.56 Å². The molecule has 0 aliphatic heterocycles. The lowest BCUT2D eigenvalue weighted by Crippen LogP contribution is -2.11. The quantitative estimate of drug-likeness (QED) is 0.165. The van der Waals surface area contributed by atoms with Gasteiger partial charge in [-0.1, -0.05) is 109 Å². The molecule has 0 spiro atoms. The van der Waals surface area contributed by atoms with Crippen LogP contribution in [0.25, 0.3) is 153 Å². The summed E-state index contributed by atoms with van der Waals surface area (Å²) in [6.07, 6.45) is 0. The number of nitrogens with zero attached hydrogens (tertiary/aromatic N) is 5. The van der Waals surface area contributed by atoms with Crippen LogP contribution in [0.4, 0.5) is 5.69 Å². The van der Waals surface area contributed by atoms with Gasteiger partial charge in [0.15, 0.2) is 0 Å². The Balaban J connectivity index is 1.24. The summed E-state index contributed by atoms with van der Waals surface area (Å²) in [5.74, 6) is 0. The average Bonchev–Trinajstić information content (AvgIpc) is 4.26. The lowest BCUT2D eigenvalue weighted by atomic mass is 10.0. The summed E-state index contributed by atoms with van der Waals surface area (Å²) in [5, 5.41) is 23.6. The molecule has 8 heteroatoms. The molecular formula is C62H31N5O3. The van der Waals surface area contributed by atoms with E-state index in [-0.39, 0.29) is 0 Å². The van der Waals surface area contributed by atoms with Crippen molar-refractivity contribution in [2.24, 2.45) is 0 Å². The van der Waals surface area contributed by atoms with Gasteiger partial charge in [0.2, 0.25) is 5.69 Å². The van der Waals surface area contributed by atoms with Gasteiger partial charge >= 0.3 is 0 Å². The fourth-order valence-corrected chi connectivity index (χ4v) is 12.0. The second-order valence-corrected chi connectivity index (χ2v) is 18.1. The highest BCUT2D eigenvalue weighted by Gasteiger charge is 2.32. The van der Waals surface area contributed by atoms with Crippen molar-refractivity contribution in [1.29, 1.82) is 5.26 Å². The van der Waals surface area contributed by atoms with Gasteiger partial charge in [-0.15, -0.1) is 0 Å². The van der Waals surface area contributed by atoms with E-state index in [2.05, 4.69) is 152 Å². The van der Waals surface area contributed by atoms with E-state index in [1.54, 1.807) is 6.07 Å². The molecular weight excluding hydrogens is 863 g/mol. The van der Waals surface area contributed by atoms with E-state index >= 15 is 0 Å². The van der Waals surface area contributed by atoms with E-state index in [0.717, 1.165) is 131 Å². The molecule has 0 aliphatic carbocycles. The molecule has 6 aromatic heterocycles. The van der Waals surface area contributed by atoms with E-state index in [0.29, 0.717) is 28.3 Å². The Bertz CT molecular complexity index is 4890. The number of hydrogen-bond acceptors (Lipinski definition) is 4. The highest BCUT2D eigenvalue weighted by Crippen LogP contribution is 2.51. The monoisotopic (exact) mass is 893 g/mol. The molecule has 8 nitrogen and oxygen atoms in total. The first kappa shape index (κ1) is 37.1. The van der Waals surface area contributed by atoms with Crippen molar-refractivity contribution < 1.29 is 13.3 Å². The predicted molar refractivity (Wildman–Crippen MR) is 282 cm³/mol. The Kier molecular flexibility index (Phi) is 7.06. The largest absolute Gasteiger partial charge is 0.456 e. The molecule has 0 saturated heterocycles. The molecule has 0 unspecified atom stereocenters. The smallest absolute Gasteiger partial charge is 0.214 e. The molecule has 322 valence electrons. The van der Waals surface area contributed by atoms with Crippen LogP contribution in [-0.4, -0.2) is 13.7 Å². The summed E-state index contributed by atoms with van der Waals surface area (Å²) in [5.41, 5.74) is 12.5. The van der Waals surface area contributed by atoms with E-state index in [1.807, 2.05) is 54.6 Å². The minimum atomic E-state index is 0.317. The lowest BCUT2D eigenvalue weighted by molar-refractivity contribution is 0.668. The molecule has 0 saturated carbocycles. The number of rotatable bonds is 3. The summed E-state index contributed by atoms with van der Waals surface area (Å²) in [6, 6.07) is 66.8. The van der Waals surface area contributed by atoms with Gasteiger partial charge in [-0.2, -0.15) is 5.26 Å². The Morgan fingerprint density at radius 3 is 1.09 bits per heavy atom. The minimum Gasteiger partial charge on any atom is -0.456 e. The van der Waals surface area contributed by atoms with Crippen LogP contribution < -0.4 is 0 Å². The first-order valence-corrected chi connectivity index (χ1v) is 23.2. The van der Waals surface area contributed by atoms with Gasteiger partial charge in [0, 0.05) is 48.5 Å². The third kappa shape index (κ3) is 4.57. The number of hydrogen-bond donors (Lipinski definition) is 0. The molecule has 0 radical (unpaired) electrons. The molecule has 10 aromatic carbocycles. The third-order valence-corrected chi connectivity index (χ3v) is 14.7. The fourth-order valence-electron chi connectivity index (χ4n) is 12.0. The minimum absolute atomic E-state index is 0.317. The number of fused-ring (bicyclic) bond motifs is 21. The van der Waals surface area contributed by atoms with Crippen LogP contribution in [0.5, 0.6) is 0 Å². The Morgan fingerprint density at radius 2 is 0.700 bits per heavy atom. The summed E-state index contributed by atoms with van der Waals surface area (Å²) in [4.78, 5) is 4.44. The first-order chi connectivity index (χ1) is 34.7. The third-order valence-electron chi connectivity index (χ3n) is 14.7. The van der Waals surface area contributed by atoms with Crippen molar-refractivity contribution in [2.45, 2.75) is 0 Å². The second-order valence-electron chi connectivity index (χ2n) is 18.1.